The van der Waals surface area contributed by atoms with Crippen LogP contribution < -0.4 is 10.9 Å². The number of aromatic nitrogens is 4. The van der Waals surface area contributed by atoms with E-state index in [4.69, 9.17) is 25.8 Å². The molecule has 0 saturated heterocycles. The minimum absolute atomic E-state index is 0.0161. The van der Waals surface area contributed by atoms with Crippen LogP contribution in [0.5, 0.6) is 0 Å². The van der Waals surface area contributed by atoms with Crippen LogP contribution in [0.25, 0.3) is 11.4 Å². The Balaban J connectivity index is 1.50. The van der Waals surface area contributed by atoms with Crippen molar-refractivity contribution in [2.24, 2.45) is 0 Å². The highest BCUT2D eigenvalue weighted by atomic mass is 35.5. The summed E-state index contributed by atoms with van der Waals surface area (Å²) in [5.41, 5.74) is -0.697. The number of anilines is 1. The summed E-state index contributed by atoms with van der Waals surface area (Å²) in [4.78, 5) is 46.4. The number of hydrogen-bond acceptors (Lipinski definition) is 8. The zero-order valence-electron chi connectivity index (χ0n) is 26.6. The van der Waals surface area contributed by atoms with Gasteiger partial charge >= 0.3 is 12.3 Å². The molecule has 1 N–H and O–H groups in total. The predicted octanol–water partition coefficient (Wildman–Crippen LogP) is 5.61. The lowest BCUT2D eigenvalue weighted by Gasteiger charge is -2.32. The van der Waals surface area contributed by atoms with Gasteiger partial charge in [-0.05, 0) is 71.2 Å². The van der Waals surface area contributed by atoms with Crippen molar-refractivity contribution in [1.82, 2.24) is 24.1 Å². The monoisotopic (exact) mass is 680 g/mol. The summed E-state index contributed by atoms with van der Waals surface area (Å²) < 4.78 is 59.1. The first kappa shape index (κ1) is 34.4. The molecule has 2 amide bonds. The van der Waals surface area contributed by atoms with Crippen LogP contribution >= 0.6 is 11.6 Å². The highest BCUT2D eigenvalue weighted by Gasteiger charge is 2.36. The lowest BCUT2D eigenvalue weighted by molar-refractivity contribution is -0.137. The first-order valence-corrected chi connectivity index (χ1v) is 15.5. The van der Waals surface area contributed by atoms with Crippen LogP contribution in [0.3, 0.4) is 0 Å². The Hall–Kier alpha value is -3.95. The zero-order valence-corrected chi connectivity index (χ0v) is 27.4. The third-order valence-electron chi connectivity index (χ3n) is 7.81. The summed E-state index contributed by atoms with van der Waals surface area (Å²) in [6, 6.07) is 2.24. The summed E-state index contributed by atoms with van der Waals surface area (Å²) in [5, 5.41) is 6.76. The number of nitrogens with zero attached hydrogens (tertiary/aromatic N) is 5. The molecule has 3 aromatic rings. The minimum atomic E-state index is -4.60. The number of benzene rings is 1. The Morgan fingerprint density at radius 3 is 2.62 bits per heavy atom. The maximum atomic E-state index is 14.0. The molecule has 16 heteroatoms. The average Bonchev–Trinajstić information content (AvgIpc) is 3.61. The Bertz CT molecular complexity index is 1780. The first-order valence-electron chi connectivity index (χ1n) is 15.1. The quantitative estimate of drug-likeness (QED) is 0.325. The number of hydrogen-bond donors (Lipinski definition) is 1. The number of nitrogens with one attached hydrogen (secondary N) is 1. The molecule has 2 aromatic heterocycles. The van der Waals surface area contributed by atoms with Crippen molar-refractivity contribution in [2.75, 3.05) is 25.1 Å². The van der Waals surface area contributed by atoms with E-state index < -0.39 is 47.0 Å². The number of fused-ring (bicyclic) bond motifs is 2. The number of carbonyl (C=O) groups excluding carboxylic acids is 2. The second-order valence-electron chi connectivity index (χ2n) is 12.3. The highest BCUT2D eigenvalue weighted by Crippen LogP contribution is 2.35. The van der Waals surface area contributed by atoms with Gasteiger partial charge in [0.25, 0.3) is 5.56 Å². The van der Waals surface area contributed by atoms with Gasteiger partial charge in [0.05, 0.1) is 53.5 Å². The number of alkyl halides is 3. The predicted molar refractivity (Wildman–Crippen MR) is 166 cm³/mol. The molecule has 254 valence electrons. The van der Waals surface area contributed by atoms with Crippen molar-refractivity contribution < 1.29 is 37.0 Å². The van der Waals surface area contributed by atoms with E-state index in [0.29, 0.717) is 37.7 Å². The second kappa shape index (κ2) is 13.3. The molecule has 47 heavy (non-hydrogen) atoms. The Labute approximate surface area is 273 Å². The second-order valence-corrected chi connectivity index (χ2v) is 12.8. The molecule has 2 aliphatic heterocycles. The van der Waals surface area contributed by atoms with Crippen molar-refractivity contribution in [2.45, 2.75) is 84.5 Å². The van der Waals surface area contributed by atoms with E-state index in [1.807, 2.05) is 19.9 Å². The Kier molecular flexibility index (Phi) is 9.71. The molecular weight excluding hydrogens is 645 g/mol. The lowest BCUT2D eigenvalue weighted by atomic mass is 10.0. The van der Waals surface area contributed by atoms with Gasteiger partial charge in [-0.2, -0.15) is 22.7 Å². The molecule has 0 radical (unpaired) electrons. The van der Waals surface area contributed by atoms with E-state index in [1.54, 1.807) is 25.7 Å². The van der Waals surface area contributed by atoms with Crippen LogP contribution in [0, 0.1) is 0 Å². The summed E-state index contributed by atoms with van der Waals surface area (Å²) in [7, 11) is 0. The van der Waals surface area contributed by atoms with Crippen molar-refractivity contribution in [3.8, 4) is 0 Å². The SMILES string of the molecule is CCN(C(=O)OC(C)(C)C)C(C)CC1OCc2c1c(=O)n1nc(C3=CCOCC3)nc1n2CC(=O)Nc1ccc(C(F)(F)F)cc1Cl. The minimum Gasteiger partial charge on any atom is -0.444 e. The van der Waals surface area contributed by atoms with Gasteiger partial charge in [-0.1, -0.05) is 17.7 Å². The van der Waals surface area contributed by atoms with Crippen molar-refractivity contribution in [3.63, 3.8) is 0 Å². The van der Waals surface area contributed by atoms with Gasteiger partial charge < -0.3 is 29.0 Å². The fourth-order valence-corrected chi connectivity index (χ4v) is 5.81. The summed E-state index contributed by atoms with van der Waals surface area (Å²) >= 11 is 6.08. The number of amides is 2. The van der Waals surface area contributed by atoms with Crippen LogP contribution in [-0.4, -0.2) is 67.5 Å². The molecule has 2 atom stereocenters. The third-order valence-corrected chi connectivity index (χ3v) is 8.13. The normalized spacial score (nSPS) is 17.3. The summed E-state index contributed by atoms with van der Waals surface area (Å²) in [6.45, 7) is 9.74. The molecule has 1 aromatic carbocycles. The van der Waals surface area contributed by atoms with E-state index >= 15 is 0 Å². The standard InChI is InChI=1S/C31H36ClF3N6O6/c1-6-39(29(44)47-30(3,4)5)17(2)13-23-25-22(16-46-23)40(15-24(42)36-21-8-7-19(14-20(21)32)31(33,34)35)28-37-26(38-41(28)27(25)43)18-9-11-45-12-10-18/h7-9,14,17,23H,6,10-13,15-16H2,1-5H3,(H,36,42). The van der Waals surface area contributed by atoms with Crippen LogP contribution in [0.1, 0.15) is 76.2 Å². The molecule has 0 fully saturated rings. The summed E-state index contributed by atoms with van der Waals surface area (Å²) in [6.07, 6.45) is -3.25. The van der Waals surface area contributed by atoms with Crippen LogP contribution in [0.2, 0.25) is 5.02 Å². The van der Waals surface area contributed by atoms with Gasteiger partial charge in [0.1, 0.15) is 12.1 Å². The fourth-order valence-electron chi connectivity index (χ4n) is 5.58. The molecule has 0 aliphatic carbocycles. The fraction of sp³-hybridized carbons (Fsp3) is 0.516. The highest BCUT2D eigenvalue weighted by molar-refractivity contribution is 6.33. The maximum Gasteiger partial charge on any atom is 0.416 e. The van der Waals surface area contributed by atoms with E-state index in [1.165, 1.54) is 4.57 Å². The van der Waals surface area contributed by atoms with E-state index in [9.17, 15) is 27.6 Å². The van der Waals surface area contributed by atoms with Gasteiger partial charge in [-0.3, -0.25) is 9.59 Å². The topological polar surface area (TPSA) is 129 Å². The lowest BCUT2D eigenvalue weighted by Crippen LogP contribution is -2.42. The van der Waals surface area contributed by atoms with E-state index in [-0.39, 0.29) is 41.6 Å². The van der Waals surface area contributed by atoms with E-state index in [2.05, 4.69) is 15.4 Å². The number of carbonyl (C=O) groups is 2. The average molecular weight is 681 g/mol. The van der Waals surface area contributed by atoms with Gasteiger partial charge in [0, 0.05) is 12.6 Å². The zero-order chi connectivity index (χ0) is 34.3. The number of rotatable bonds is 8. The first-order chi connectivity index (χ1) is 22.1. The molecule has 2 unspecified atom stereocenters. The van der Waals surface area contributed by atoms with Gasteiger partial charge in [-0.25, -0.2) is 4.79 Å². The molecule has 4 heterocycles. The maximum absolute atomic E-state index is 14.0. The molecule has 2 aliphatic rings. The molecular formula is C31H36ClF3N6O6. The molecule has 0 saturated carbocycles. The van der Waals surface area contributed by atoms with Gasteiger partial charge in [0.15, 0.2) is 5.82 Å². The smallest absolute Gasteiger partial charge is 0.416 e. The van der Waals surface area contributed by atoms with Crippen LogP contribution in [-0.2, 0) is 38.3 Å². The molecule has 0 bridgehead atoms. The van der Waals surface area contributed by atoms with Gasteiger partial charge in [-0.15, -0.1) is 5.10 Å². The summed E-state index contributed by atoms with van der Waals surface area (Å²) in [5.74, 6) is -0.235. The third kappa shape index (κ3) is 7.47. The largest absolute Gasteiger partial charge is 0.444 e. The molecule has 5 rings (SSSR count). The van der Waals surface area contributed by atoms with Crippen molar-refractivity contribution in [3.05, 3.63) is 62.3 Å². The number of halogens is 4. The van der Waals surface area contributed by atoms with Crippen LogP contribution in [0.15, 0.2) is 29.1 Å². The number of ether oxygens (including phenoxy) is 3. The van der Waals surface area contributed by atoms with Crippen molar-refractivity contribution >= 4 is 40.6 Å². The molecule has 12 nitrogen and oxygen atoms in total. The van der Waals surface area contributed by atoms with Crippen LogP contribution in [0.4, 0.5) is 23.7 Å². The van der Waals surface area contributed by atoms with Gasteiger partial charge in [0.2, 0.25) is 11.7 Å². The Morgan fingerprint density at radius 2 is 2.00 bits per heavy atom. The van der Waals surface area contributed by atoms with Crippen molar-refractivity contribution in [1.29, 1.82) is 0 Å². The Morgan fingerprint density at radius 1 is 1.26 bits per heavy atom. The van der Waals surface area contributed by atoms with E-state index in [0.717, 1.165) is 28.3 Å². The molecule has 0 spiro atoms.